The van der Waals surface area contributed by atoms with Crippen LogP contribution in [0, 0.1) is 5.92 Å². The second kappa shape index (κ2) is 9.23. The molecule has 1 aliphatic rings. The Morgan fingerprint density at radius 3 is 2.17 bits per heavy atom. The van der Waals surface area contributed by atoms with Crippen molar-refractivity contribution in [3.63, 3.8) is 0 Å². The van der Waals surface area contributed by atoms with E-state index in [1.807, 2.05) is 20.8 Å². The molecule has 5 nitrogen and oxygen atoms in total. The molecule has 0 spiro atoms. The predicted octanol–water partition coefficient (Wildman–Crippen LogP) is 4.68. The largest absolute Gasteiger partial charge is 0.478 e. The minimum atomic E-state index is -0.966. The van der Waals surface area contributed by atoms with Gasteiger partial charge < -0.3 is 15.2 Å². The third kappa shape index (κ3) is 5.67. The van der Waals surface area contributed by atoms with E-state index in [-0.39, 0.29) is 23.4 Å². The van der Waals surface area contributed by atoms with Gasteiger partial charge in [-0.15, -0.1) is 0 Å². The molecule has 1 unspecified atom stereocenters. The Balaban J connectivity index is 1.57. The lowest BCUT2D eigenvalue weighted by molar-refractivity contribution is -0.137. The van der Waals surface area contributed by atoms with Gasteiger partial charge in [0.1, 0.15) is 6.10 Å². The minimum Gasteiger partial charge on any atom is -0.478 e. The van der Waals surface area contributed by atoms with Crippen LogP contribution in [0.15, 0.2) is 48.5 Å². The van der Waals surface area contributed by atoms with Gasteiger partial charge in [-0.2, -0.15) is 0 Å². The number of ether oxygens (including phenoxy) is 1. The zero-order valence-electron chi connectivity index (χ0n) is 17.2. The molecular formula is C24H29NO4. The Bertz CT molecular complexity index is 838. The highest BCUT2D eigenvalue weighted by Crippen LogP contribution is 2.39. The monoisotopic (exact) mass is 395 g/mol. The average Bonchev–Trinajstić information content (AvgIpc) is 3.53. The Morgan fingerprint density at radius 1 is 1.03 bits per heavy atom. The van der Waals surface area contributed by atoms with Crippen molar-refractivity contribution >= 4 is 11.9 Å². The van der Waals surface area contributed by atoms with Crippen LogP contribution in [0.2, 0.25) is 0 Å². The summed E-state index contributed by atoms with van der Waals surface area (Å²) in [6.45, 7) is 6.20. The van der Waals surface area contributed by atoms with Gasteiger partial charge in [0.2, 0.25) is 5.91 Å². The molecule has 0 radical (unpaired) electrons. The lowest BCUT2D eigenvalue weighted by Gasteiger charge is -2.23. The molecule has 2 N–H and O–H groups in total. The van der Waals surface area contributed by atoms with Crippen molar-refractivity contribution < 1.29 is 19.4 Å². The van der Waals surface area contributed by atoms with Crippen molar-refractivity contribution in [2.75, 3.05) is 0 Å². The Kier molecular flexibility index (Phi) is 6.70. The number of aromatic carboxylic acids is 1. The smallest absolute Gasteiger partial charge is 0.335 e. The van der Waals surface area contributed by atoms with Crippen LogP contribution in [0.4, 0.5) is 0 Å². The molecule has 1 amide bonds. The van der Waals surface area contributed by atoms with E-state index in [0.29, 0.717) is 6.61 Å². The minimum absolute atomic E-state index is 0.0299. The quantitative estimate of drug-likeness (QED) is 0.646. The van der Waals surface area contributed by atoms with Gasteiger partial charge in [0.25, 0.3) is 0 Å². The van der Waals surface area contributed by atoms with E-state index in [1.165, 1.54) is 18.4 Å². The molecule has 2 aromatic rings. The predicted molar refractivity (Wildman–Crippen MR) is 112 cm³/mol. The number of carbonyl (C=O) groups is 2. The molecule has 5 heteroatoms. The van der Waals surface area contributed by atoms with Gasteiger partial charge in [0.05, 0.1) is 18.2 Å². The van der Waals surface area contributed by atoms with Crippen molar-refractivity contribution in [1.82, 2.24) is 5.32 Å². The molecule has 2 aromatic carbocycles. The number of nitrogens with one attached hydrogen (secondary N) is 1. The first-order chi connectivity index (χ1) is 13.8. The van der Waals surface area contributed by atoms with Gasteiger partial charge in [-0.1, -0.05) is 50.2 Å². The summed E-state index contributed by atoms with van der Waals surface area (Å²) >= 11 is 0. The summed E-state index contributed by atoms with van der Waals surface area (Å²) in [7, 11) is 0. The van der Waals surface area contributed by atoms with Gasteiger partial charge in [0.15, 0.2) is 0 Å². The fourth-order valence-electron chi connectivity index (χ4n) is 3.35. The molecule has 1 aliphatic carbocycles. The van der Waals surface area contributed by atoms with Gasteiger partial charge in [-0.3, -0.25) is 4.79 Å². The number of hydrogen-bond acceptors (Lipinski definition) is 3. The summed E-state index contributed by atoms with van der Waals surface area (Å²) < 4.78 is 5.96. The van der Waals surface area contributed by atoms with Gasteiger partial charge in [-0.25, -0.2) is 4.79 Å². The third-order valence-electron chi connectivity index (χ3n) is 5.34. The highest BCUT2D eigenvalue weighted by Gasteiger charge is 2.25. The average molecular weight is 395 g/mol. The Hall–Kier alpha value is -2.66. The Labute approximate surface area is 172 Å². The molecule has 2 atom stereocenters. The summed E-state index contributed by atoms with van der Waals surface area (Å²) in [6, 6.07) is 14.8. The molecule has 3 rings (SSSR count). The van der Waals surface area contributed by atoms with Crippen molar-refractivity contribution in [3.05, 3.63) is 70.8 Å². The van der Waals surface area contributed by atoms with E-state index in [1.54, 1.807) is 24.3 Å². The molecule has 0 aromatic heterocycles. The second-order valence-electron chi connectivity index (χ2n) is 8.15. The van der Waals surface area contributed by atoms with E-state index >= 15 is 0 Å². The van der Waals surface area contributed by atoms with Crippen LogP contribution in [-0.4, -0.2) is 23.1 Å². The lowest BCUT2D eigenvalue weighted by atomic mass is 10.0. The van der Waals surface area contributed by atoms with Crippen molar-refractivity contribution in [2.24, 2.45) is 5.92 Å². The summed E-state index contributed by atoms with van der Waals surface area (Å²) in [5.74, 6) is -0.372. The first kappa shape index (κ1) is 21.1. The second-order valence-corrected chi connectivity index (χ2v) is 8.15. The normalized spacial score (nSPS) is 15.7. The highest BCUT2D eigenvalue weighted by atomic mass is 16.5. The molecule has 0 heterocycles. The first-order valence-electron chi connectivity index (χ1n) is 10.2. The summed E-state index contributed by atoms with van der Waals surface area (Å²) in [5.41, 5.74) is 3.52. The van der Waals surface area contributed by atoms with Crippen LogP contribution in [-0.2, 0) is 16.1 Å². The van der Waals surface area contributed by atoms with Crippen LogP contribution in [0.3, 0.4) is 0 Å². The van der Waals surface area contributed by atoms with E-state index in [0.717, 1.165) is 17.0 Å². The number of rotatable bonds is 9. The van der Waals surface area contributed by atoms with Crippen molar-refractivity contribution in [3.8, 4) is 0 Å². The molecule has 154 valence electrons. The van der Waals surface area contributed by atoms with Gasteiger partial charge in [0, 0.05) is 0 Å². The topological polar surface area (TPSA) is 75.6 Å². The fourth-order valence-corrected chi connectivity index (χ4v) is 3.35. The van der Waals surface area contributed by atoms with E-state index in [4.69, 9.17) is 9.84 Å². The molecule has 0 bridgehead atoms. The maximum absolute atomic E-state index is 12.8. The molecule has 1 saturated carbocycles. The molecule has 29 heavy (non-hydrogen) atoms. The van der Waals surface area contributed by atoms with Crippen molar-refractivity contribution in [2.45, 2.75) is 58.3 Å². The lowest BCUT2D eigenvalue weighted by Crippen LogP contribution is -2.40. The zero-order chi connectivity index (χ0) is 21.0. The van der Waals surface area contributed by atoms with E-state index < -0.39 is 12.1 Å². The SMILES string of the molecule is CC(C)C(OCc1ccc(C2CC2)cc1)C(=O)N[C@@H](C)c1ccc(C(=O)O)cc1. The molecular weight excluding hydrogens is 366 g/mol. The van der Waals surface area contributed by atoms with Crippen LogP contribution < -0.4 is 5.32 Å². The number of carboxylic acids is 1. The third-order valence-corrected chi connectivity index (χ3v) is 5.34. The maximum Gasteiger partial charge on any atom is 0.335 e. The maximum atomic E-state index is 12.8. The summed E-state index contributed by atoms with van der Waals surface area (Å²) in [5, 5.41) is 12.0. The summed E-state index contributed by atoms with van der Waals surface area (Å²) in [6.07, 6.45) is 2.00. The van der Waals surface area contributed by atoms with Crippen LogP contribution >= 0.6 is 0 Å². The van der Waals surface area contributed by atoms with Crippen LogP contribution in [0.5, 0.6) is 0 Å². The molecule has 0 aliphatic heterocycles. The molecule has 0 saturated heterocycles. The van der Waals surface area contributed by atoms with Gasteiger partial charge in [-0.05, 0) is 60.4 Å². The number of hydrogen-bond donors (Lipinski definition) is 2. The number of benzene rings is 2. The van der Waals surface area contributed by atoms with E-state index in [9.17, 15) is 9.59 Å². The van der Waals surface area contributed by atoms with Gasteiger partial charge >= 0.3 is 5.97 Å². The number of carbonyl (C=O) groups excluding carboxylic acids is 1. The fraction of sp³-hybridized carbons (Fsp3) is 0.417. The van der Waals surface area contributed by atoms with Crippen LogP contribution in [0.1, 0.15) is 72.6 Å². The summed E-state index contributed by atoms with van der Waals surface area (Å²) in [4.78, 5) is 23.8. The van der Waals surface area contributed by atoms with Crippen molar-refractivity contribution in [1.29, 1.82) is 0 Å². The number of amides is 1. The highest BCUT2D eigenvalue weighted by molar-refractivity contribution is 5.87. The van der Waals surface area contributed by atoms with E-state index in [2.05, 4.69) is 29.6 Å². The first-order valence-corrected chi connectivity index (χ1v) is 10.2. The Morgan fingerprint density at radius 2 is 1.66 bits per heavy atom. The molecule has 1 fully saturated rings. The standard InChI is InChI=1S/C24H29NO4/c1-15(2)22(29-14-17-4-6-19(7-5-17)20-10-11-20)23(26)25-16(3)18-8-12-21(13-9-18)24(27)28/h4-9,12-13,15-16,20,22H,10-11,14H2,1-3H3,(H,25,26)(H,27,28)/t16-,22?/m0/s1. The number of carboxylic acid groups (broad SMARTS) is 1. The zero-order valence-corrected chi connectivity index (χ0v) is 17.2. The van der Waals surface area contributed by atoms with Crippen LogP contribution in [0.25, 0.3) is 0 Å².